The third kappa shape index (κ3) is 3.00. The molecule has 104 valence electrons. The Kier molecular flexibility index (Phi) is 3.78. The van der Waals surface area contributed by atoms with Crippen molar-refractivity contribution in [3.8, 4) is 0 Å². The van der Waals surface area contributed by atoms with Crippen molar-refractivity contribution < 1.29 is 4.79 Å². The molecule has 0 aliphatic heterocycles. The van der Waals surface area contributed by atoms with E-state index in [2.05, 4.69) is 15.5 Å². The normalized spacial score (nSPS) is 11.0. The van der Waals surface area contributed by atoms with Crippen molar-refractivity contribution in [1.29, 1.82) is 0 Å². The molecule has 2 aromatic carbocycles. The summed E-state index contributed by atoms with van der Waals surface area (Å²) in [6.45, 7) is 0. The predicted molar refractivity (Wildman–Crippen MR) is 84.4 cm³/mol. The first-order chi connectivity index (χ1) is 10.3. The molecule has 0 fully saturated rings. The number of benzene rings is 2. The average molecular weight is 277 g/mol. The molecule has 3 aromatic rings. The van der Waals surface area contributed by atoms with Crippen LogP contribution in [0.25, 0.3) is 10.9 Å². The number of para-hydroxylation sites is 1. The molecule has 0 bridgehead atoms. The Morgan fingerprint density at radius 3 is 2.71 bits per heavy atom. The lowest BCUT2D eigenvalue weighted by molar-refractivity contribution is 0.0956. The third-order valence-electron chi connectivity index (χ3n) is 3.26. The number of carbonyl (C=O) groups is 1. The van der Waals surface area contributed by atoms with Crippen LogP contribution >= 0.6 is 0 Å². The van der Waals surface area contributed by atoms with Crippen LogP contribution in [0.3, 0.4) is 0 Å². The van der Waals surface area contributed by atoms with E-state index in [1.807, 2.05) is 54.6 Å². The average Bonchev–Trinajstić information content (AvgIpc) is 2.96. The minimum atomic E-state index is -0.211. The highest BCUT2D eigenvalue weighted by atomic mass is 16.2. The third-order valence-corrected chi connectivity index (χ3v) is 3.26. The number of H-pyrrole nitrogens is 1. The second-order valence-electron chi connectivity index (χ2n) is 4.69. The van der Waals surface area contributed by atoms with Crippen molar-refractivity contribution in [1.82, 2.24) is 10.4 Å². The van der Waals surface area contributed by atoms with Crippen LogP contribution in [0.15, 0.2) is 65.9 Å². The maximum Gasteiger partial charge on any atom is 0.273 e. The maximum atomic E-state index is 12.1. The maximum absolute atomic E-state index is 12.1. The number of aromatic amines is 1. The molecular weight excluding hydrogens is 262 g/mol. The summed E-state index contributed by atoms with van der Waals surface area (Å²) in [6.07, 6.45) is 4.09. The molecule has 0 unspecified atom stereocenters. The van der Waals surface area contributed by atoms with Crippen LogP contribution in [0.4, 0.5) is 0 Å². The number of hydrogen-bond donors (Lipinski definition) is 2. The highest BCUT2D eigenvalue weighted by molar-refractivity contribution is 6.06. The van der Waals surface area contributed by atoms with E-state index in [1.165, 1.54) is 0 Å². The van der Waals surface area contributed by atoms with Gasteiger partial charge in [-0.3, -0.25) is 4.79 Å². The van der Waals surface area contributed by atoms with E-state index in [-0.39, 0.29) is 5.91 Å². The first-order valence-electron chi connectivity index (χ1n) is 6.76. The van der Waals surface area contributed by atoms with E-state index in [1.54, 1.807) is 12.4 Å². The Labute approximate surface area is 122 Å². The molecule has 21 heavy (non-hydrogen) atoms. The van der Waals surface area contributed by atoms with Gasteiger partial charge in [0.15, 0.2) is 0 Å². The zero-order valence-corrected chi connectivity index (χ0v) is 11.4. The number of nitrogens with one attached hydrogen (secondary N) is 2. The molecule has 0 atom stereocenters. The number of fused-ring (bicyclic) bond motifs is 1. The van der Waals surface area contributed by atoms with Crippen LogP contribution in [0.1, 0.15) is 15.9 Å². The van der Waals surface area contributed by atoms with Crippen LogP contribution in [-0.2, 0) is 6.42 Å². The summed E-state index contributed by atoms with van der Waals surface area (Å²) in [7, 11) is 0. The van der Waals surface area contributed by atoms with Gasteiger partial charge in [-0.25, -0.2) is 5.43 Å². The number of carbonyl (C=O) groups excluding carboxylic acids is 1. The minimum absolute atomic E-state index is 0.211. The van der Waals surface area contributed by atoms with Crippen LogP contribution in [0.2, 0.25) is 0 Å². The largest absolute Gasteiger partial charge is 0.360 e. The second kappa shape index (κ2) is 6.05. The van der Waals surface area contributed by atoms with Gasteiger partial charge in [0.25, 0.3) is 5.91 Å². The fourth-order valence-electron chi connectivity index (χ4n) is 2.19. The number of aromatic nitrogens is 1. The Bertz CT molecular complexity index is 775. The molecule has 1 heterocycles. The molecule has 1 aromatic heterocycles. The molecule has 0 spiro atoms. The number of nitrogens with zero attached hydrogens (tertiary/aromatic N) is 1. The molecule has 4 heteroatoms. The summed E-state index contributed by atoms with van der Waals surface area (Å²) in [4.78, 5) is 15.2. The number of amides is 1. The fourth-order valence-corrected chi connectivity index (χ4v) is 2.19. The van der Waals surface area contributed by atoms with Crippen LogP contribution in [0, 0.1) is 0 Å². The molecule has 0 saturated heterocycles. The van der Waals surface area contributed by atoms with Gasteiger partial charge in [-0.05, 0) is 11.6 Å². The van der Waals surface area contributed by atoms with Crippen molar-refractivity contribution in [2.24, 2.45) is 5.10 Å². The molecule has 0 aliphatic rings. The highest BCUT2D eigenvalue weighted by Gasteiger charge is 2.10. The Morgan fingerprint density at radius 2 is 1.86 bits per heavy atom. The summed E-state index contributed by atoms with van der Waals surface area (Å²) in [5.74, 6) is -0.211. The van der Waals surface area contributed by atoms with Crippen LogP contribution in [-0.4, -0.2) is 17.1 Å². The zero-order chi connectivity index (χ0) is 14.5. The first kappa shape index (κ1) is 13.1. The van der Waals surface area contributed by atoms with E-state index in [4.69, 9.17) is 0 Å². The van der Waals surface area contributed by atoms with Gasteiger partial charge < -0.3 is 4.98 Å². The summed E-state index contributed by atoms with van der Waals surface area (Å²) in [5.41, 5.74) is 5.25. The van der Waals surface area contributed by atoms with Crippen molar-refractivity contribution in [2.75, 3.05) is 0 Å². The fraction of sp³-hybridized carbons (Fsp3) is 0.0588. The van der Waals surface area contributed by atoms with Gasteiger partial charge in [-0.2, -0.15) is 5.10 Å². The summed E-state index contributed by atoms with van der Waals surface area (Å²) < 4.78 is 0. The molecule has 0 aliphatic carbocycles. The molecular formula is C17H15N3O. The van der Waals surface area contributed by atoms with Crippen molar-refractivity contribution >= 4 is 23.0 Å². The van der Waals surface area contributed by atoms with Gasteiger partial charge in [-0.15, -0.1) is 0 Å². The SMILES string of the molecule is O=C(N/N=C/Cc1ccccc1)c1c[nH]c2ccccc12. The van der Waals surface area contributed by atoms with E-state index in [9.17, 15) is 4.79 Å². The zero-order valence-electron chi connectivity index (χ0n) is 11.4. The summed E-state index contributed by atoms with van der Waals surface area (Å²) in [6, 6.07) is 17.7. The minimum Gasteiger partial charge on any atom is -0.360 e. The number of hydrazone groups is 1. The van der Waals surface area contributed by atoms with Crippen molar-refractivity contribution in [3.05, 3.63) is 71.9 Å². The Morgan fingerprint density at radius 1 is 1.10 bits per heavy atom. The summed E-state index contributed by atoms with van der Waals surface area (Å²) >= 11 is 0. The van der Waals surface area contributed by atoms with Gasteiger partial charge in [0.2, 0.25) is 0 Å². The van der Waals surface area contributed by atoms with Crippen molar-refractivity contribution in [2.45, 2.75) is 6.42 Å². The standard InChI is InChI=1S/C17H15N3O/c21-17(15-12-18-16-9-5-4-8-14(15)16)20-19-11-10-13-6-2-1-3-7-13/h1-9,11-12,18H,10H2,(H,20,21)/b19-11+. The second-order valence-corrected chi connectivity index (χ2v) is 4.69. The van der Waals surface area contributed by atoms with Crippen LogP contribution < -0.4 is 5.43 Å². The molecule has 2 N–H and O–H groups in total. The van der Waals surface area contributed by atoms with E-state index in [0.717, 1.165) is 16.5 Å². The Balaban J connectivity index is 1.64. The molecule has 0 radical (unpaired) electrons. The monoisotopic (exact) mass is 277 g/mol. The predicted octanol–water partition coefficient (Wildman–Crippen LogP) is 3.13. The topological polar surface area (TPSA) is 57.2 Å². The molecule has 1 amide bonds. The van der Waals surface area contributed by atoms with E-state index < -0.39 is 0 Å². The lowest BCUT2D eigenvalue weighted by Gasteiger charge is -1.98. The number of rotatable bonds is 4. The molecule has 0 saturated carbocycles. The Hall–Kier alpha value is -2.88. The van der Waals surface area contributed by atoms with Gasteiger partial charge in [0.05, 0.1) is 5.56 Å². The lowest BCUT2D eigenvalue weighted by Crippen LogP contribution is -2.17. The van der Waals surface area contributed by atoms with E-state index >= 15 is 0 Å². The quantitative estimate of drug-likeness (QED) is 0.558. The van der Waals surface area contributed by atoms with Crippen LogP contribution in [0.5, 0.6) is 0 Å². The van der Waals surface area contributed by atoms with Gasteiger partial charge in [0.1, 0.15) is 0 Å². The number of hydrogen-bond acceptors (Lipinski definition) is 2. The molecule has 4 nitrogen and oxygen atoms in total. The molecule has 3 rings (SSSR count). The van der Waals surface area contributed by atoms with Gasteiger partial charge >= 0.3 is 0 Å². The van der Waals surface area contributed by atoms with Gasteiger partial charge in [0, 0.05) is 29.7 Å². The smallest absolute Gasteiger partial charge is 0.273 e. The lowest BCUT2D eigenvalue weighted by atomic mass is 10.2. The first-order valence-corrected chi connectivity index (χ1v) is 6.76. The highest BCUT2D eigenvalue weighted by Crippen LogP contribution is 2.17. The van der Waals surface area contributed by atoms with Crippen molar-refractivity contribution in [3.63, 3.8) is 0 Å². The summed E-state index contributed by atoms with van der Waals surface area (Å²) in [5, 5.41) is 4.89. The van der Waals surface area contributed by atoms with E-state index in [0.29, 0.717) is 12.0 Å². The van der Waals surface area contributed by atoms with Gasteiger partial charge in [-0.1, -0.05) is 48.5 Å².